The molecule has 1 rings (SSSR count). The Morgan fingerprint density at radius 1 is 1.41 bits per heavy atom. The van der Waals surface area contributed by atoms with Crippen LogP contribution in [-0.2, 0) is 9.59 Å². The van der Waals surface area contributed by atoms with Crippen LogP contribution in [0.15, 0.2) is 16.7 Å². The van der Waals surface area contributed by atoms with Gasteiger partial charge in [-0.1, -0.05) is 0 Å². The molecule has 1 aromatic heterocycles. The number of carboxylic acid groups (broad SMARTS) is 1. The molecular weight excluding hydrogens is 228 g/mol. The minimum Gasteiger partial charge on any atom is -0.480 e. The van der Waals surface area contributed by atoms with Crippen LogP contribution in [0.3, 0.4) is 0 Å². The number of primary amides is 1. The zero-order valence-electron chi connectivity index (χ0n) is 9.17. The van der Waals surface area contributed by atoms with Gasteiger partial charge >= 0.3 is 5.97 Å². The Morgan fingerprint density at radius 2 is 2.06 bits per heavy atom. The molecule has 17 heavy (non-hydrogen) atoms. The largest absolute Gasteiger partial charge is 0.480 e. The number of nitrogens with two attached hydrogens (primary N) is 1. The van der Waals surface area contributed by atoms with E-state index in [2.05, 4.69) is 0 Å². The molecule has 92 valence electrons. The number of carbonyl (C=O) groups excluding carboxylic acids is 2. The van der Waals surface area contributed by atoms with Crippen LogP contribution in [0.5, 0.6) is 0 Å². The van der Waals surface area contributed by atoms with E-state index < -0.39 is 30.9 Å². The second kappa shape index (κ2) is 5.15. The molecule has 0 saturated heterocycles. The van der Waals surface area contributed by atoms with E-state index in [1.165, 1.54) is 12.3 Å². The monoisotopic (exact) mass is 240 g/mol. The highest BCUT2D eigenvalue weighted by molar-refractivity contribution is 5.97. The molecule has 0 radical (unpaired) electrons. The molecule has 0 aliphatic heterocycles. The van der Waals surface area contributed by atoms with Gasteiger partial charge in [0.15, 0.2) is 0 Å². The van der Waals surface area contributed by atoms with E-state index in [1.54, 1.807) is 6.92 Å². The molecule has 0 aromatic carbocycles. The normalized spacial score (nSPS) is 9.94. The second-order valence-electron chi connectivity index (χ2n) is 3.47. The first kappa shape index (κ1) is 12.8. The molecule has 0 bridgehead atoms. The molecule has 0 spiro atoms. The van der Waals surface area contributed by atoms with Crippen molar-refractivity contribution in [2.45, 2.75) is 6.92 Å². The highest BCUT2D eigenvalue weighted by atomic mass is 16.4. The minimum atomic E-state index is -1.22. The molecule has 3 N–H and O–H groups in total. The first-order chi connectivity index (χ1) is 7.90. The van der Waals surface area contributed by atoms with Gasteiger partial charge < -0.3 is 20.2 Å². The highest BCUT2D eigenvalue weighted by Crippen LogP contribution is 2.09. The zero-order chi connectivity index (χ0) is 13.0. The summed E-state index contributed by atoms with van der Waals surface area (Å²) in [6.45, 7) is 0.605. The van der Waals surface area contributed by atoms with Gasteiger partial charge in [-0.05, 0) is 13.0 Å². The first-order valence-corrected chi connectivity index (χ1v) is 4.74. The van der Waals surface area contributed by atoms with Crippen molar-refractivity contribution in [1.29, 1.82) is 0 Å². The first-order valence-electron chi connectivity index (χ1n) is 4.74. The van der Waals surface area contributed by atoms with Gasteiger partial charge in [0, 0.05) is 0 Å². The van der Waals surface area contributed by atoms with Gasteiger partial charge in [-0.25, -0.2) is 0 Å². The Kier molecular flexibility index (Phi) is 3.86. The van der Waals surface area contributed by atoms with E-state index in [1.807, 2.05) is 0 Å². The van der Waals surface area contributed by atoms with Crippen molar-refractivity contribution in [2.24, 2.45) is 5.73 Å². The van der Waals surface area contributed by atoms with E-state index >= 15 is 0 Å². The lowest BCUT2D eigenvalue weighted by Gasteiger charge is -2.17. The molecule has 0 atom stereocenters. The number of carbonyl (C=O) groups is 3. The summed E-state index contributed by atoms with van der Waals surface area (Å²) in [7, 11) is 0. The molecule has 0 unspecified atom stereocenters. The van der Waals surface area contributed by atoms with Gasteiger partial charge in [0.05, 0.1) is 5.56 Å². The summed E-state index contributed by atoms with van der Waals surface area (Å²) in [6, 6.07) is 1.46. The Morgan fingerprint density at radius 3 is 2.47 bits per heavy atom. The van der Waals surface area contributed by atoms with Crippen molar-refractivity contribution in [2.75, 3.05) is 13.1 Å². The van der Waals surface area contributed by atoms with Crippen molar-refractivity contribution in [3.63, 3.8) is 0 Å². The summed E-state index contributed by atoms with van der Waals surface area (Å²) >= 11 is 0. The average molecular weight is 240 g/mol. The van der Waals surface area contributed by atoms with Crippen LogP contribution in [0.4, 0.5) is 0 Å². The van der Waals surface area contributed by atoms with Gasteiger partial charge in [0.1, 0.15) is 25.1 Å². The molecule has 0 saturated carbocycles. The van der Waals surface area contributed by atoms with Crippen molar-refractivity contribution >= 4 is 17.8 Å². The summed E-state index contributed by atoms with van der Waals surface area (Å²) in [5.41, 5.74) is 5.13. The van der Waals surface area contributed by atoms with Gasteiger partial charge in [-0.2, -0.15) is 0 Å². The second-order valence-corrected chi connectivity index (χ2v) is 3.47. The fourth-order valence-corrected chi connectivity index (χ4v) is 1.29. The predicted molar refractivity (Wildman–Crippen MR) is 56.2 cm³/mol. The Hall–Kier alpha value is -2.31. The summed E-state index contributed by atoms with van der Waals surface area (Å²) in [6.07, 6.45) is 1.20. The predicted octanol–water partition coefficient (Wildman–Crippen LogP) is -0.400. The van der Waals surface area contributed by atoms with Gasteiger partial charge in [0.2, 0.25) is 5.91 Å². The number of aliphatic carboxylic acids is 1. The molecule has 7 heteroatoms. The zero-order valence-corrected chi connectivity index (χ0v) is 9.17. The van der Waals surface area contributed by atoms with Crippen molar-refractivity contribution in [3.05, 3.63) is 23.7 Å². The van der Waals surface area contributed by atoms with Gasteiger partial charge in [0.25, 0.3) is 5.91 Å². The number of hydrogen-bond acceptors (Lipinski definition) is 4. The van der Waals surface area contributed by atoms with Crippen LogP contribution >= 0.6 is 0 Å². The number of carboxylic acids is 1. The fourth-order valence-electron chi connectivity index (χ4n) is 1.29. The SMILES string of the molecule is Cc1cc(C(=O)N(CC(N)=O)CC(=O)O)co1. The molecule has 7 nitrogen and oxygen atoms in total. The third kappa shape index (κ3) is 3.63. The lowest BCUT2D eigenvalue weighted by atomic mass is 10.2. The number of nitrogens with zero attached hydrogens (tertiary/aromatic N) is 1. The van der Waals surface area contributed by atoms with Gasteiger partial charge in [-0.15, -0.1) is 0 Å². The van der Waals surface area contributed by atoms with Gasteiger partial charge in [-0.3, -0.25) is 14.4 Å². The van der Waals surface area contributed by atoms with E-state index in [0.29, 0.717) is 5.76 Å². The number of hydrogen-bond donors (Lipinski definition) is 2. The third-order valence-corrected chi connectivity index (χ3v) is 1.94. The molecule has 2 amide bonds. The number of rotatable bonds is 5. The maximum absolute atomic E-state index is 11.8. The Labute approximate surface area is 96.8 Å². The van der Waals surface area contributed by atoms with E-state index in [0.717, 1.165) is 4.90 Å². The molecule has 1 aromatic rings. The molecule has 0 aliphatic carbocycles. The van der Waals surface area contributed by atoms with E-state index in [4.69, 9.17) is 15.3 Å². The summed E-state index contributed by atoms with van der Waals surface area (Å²) in [5, 5.41) is 8.63. The number of furan rings is 1. The summed E-state index contributed by atoms with van der Waals surface area (Å²) in [5.74, 6) is -2.09. The fraction of sp³-hybridized carbons (Fsp3) is 0.300. The van der Waals surface area contributed by atoms with Crippen LogP contribution < -0.4 is 5.73 Å². The minimum absolute atomic E-state index is 0.185. The quantitative estimate of drug-likeness (QED) is 0.726. The Bertz CT molecular complexity index is 435. The summed E-state index contributed by atoms with van der Waals surface area (Å²) < 4.78 is 4.93. The van der Waals surface area contributed by atoms with Crippen LogP contribution in [0.1, 0.15) is 16.1 Å². The maximum atomic E-state index is 11.8. The Balaban J connectivity index is 2.85. The van der Waals surface area contributed by atoms with Crippen LogP contribution in [-0.4, -0.2) is 40.9 Å². The third-order valence-electron chi connectivity index (χ3n) is 1.94. The van der Waals surface area contributed by atoms with Crippen LogP contribution in [0.25, 0.3) is 0 Å². The lowest BCUT2D eigenvalue weighted by Crippen LogP contribution is -2.41. The van der Waals surface area contributed by atoms with Crippen molar-refractivity contribution < 1.29 is 23.9 Å². The van der Waals surface area contributed by atoms with E-state index in [9.17, 15) is 14.4 Å². The maximum Gasteiger partial charge on any atom is 0.323 e. The topological polar surface area (TPSA) is 114 Å². The molecule has 0 fully saturated rings. The summed E-state index contributed by atoms with van der Waals surface area (Å²) in [4.78, 5) is 34.0. The van der Waals surface area contributed by atoms with Crippen LogP contribution in [0.2, 0.25) is 0 Å². The number of aryl methyl sites for hydroxylation is 1. The average Bonchev–Trinajstić information content (AvgIpc) is 2.61. The molecule has 1 heterocycles. The standard InChI is InChI=1S/C10H12N2O5/c1-6-2-7(5-17-6)10(16)12(3-8(11)13)4-9(14)15/h2,5H,3-4H2,1H3,(H2,11,13)(H,14,15). The molecule has 0 aliphatic rings. The molecular formula is C10H12N2O5. The van der Waals surface area contributed by atoms with Crippen LogP contribution in [0, 0.1) is 6.92 Å². The highest BCUT2D eigenvalue weighted by Gasteiger charge is 2.21. The lowest BCUT2D eigenvalue weighted by molar-refractivity contribution is -0.138. The van der Waals surface area contributed by atoms with Crippen molar-refractivity contribution in [3.8, 4) is 0 Å². The van der Waals surface area contributed by atoms with E-state index in [-0.39, 0.29) is 5.56 Å². The van der Waals surface area contributed by atoms with Crippen molar-refractivity contribution in [1.82, 2.24) is 4.90 Å². The smallest absolute Gasteiger partial charge is 0.323 e. The number of amides is 2.